The van der Waals surface area contributed by atoms with Gasteiger partial charge in [-0.2, -0.15) is 0 Å². The van der Waals surface area contributed by atoms with Crippen LogP contribution in [0.3, 0.4) is 0 Å². The van der Waals surface area contributed by atoms with Crippen LogP contribution in [0.25, 0.3) is 0 Å². The van der Waals surface area contributed by atoms with Gasteiger partial charge in [0, 0.05) is 21.8 Å². The molecule has 2 nitrogen and oxygen atoms in total. The Hall–Kier alpha value is -1.09. The van der Waals surface area contributed by atoms with Crippen molar-refractivity contribution in [2.24, 2.45) is 0 Å². The summed E-state index contributed by atoms with van der Waals surface area (Å²) in [5.41, 5.74) is 1.84. The molecule has 0 bridgehead atoms. The highest BCUT2D eigenvalue weighted by Crippen LogP contribution is 2.32. The molecular formula is C15H14Cl3NO. The summed E-state index contributed by atoms with van der Waals surface area (Å²) in [6.07, 6.45) is 0. The van der Waals surface area contributed by atoms with Gasteiger partial charge in [-0.25, -0.2) is 0 Å². The molecule has 0 fully saturated rings. The van der Waals surface area contributed by atoms with E-state index in [1.165, 1.54) is 0 Å². The first-order valence-corrected chi connectivity index (χ1v) is 7.19. The van der Waals surface area contributed by atoms with Gasteiger partial charge in [0.15, 0.2) is 0 Å². The van der Waals surface area contributed by atoms with Gasteiger partial charge in [0.05, 0.1) is 18.2 Å². The Morgan fingerprint density at radius 1 is 1.00 bits per heavy atom. The van der Waals surface area contributed by atoms with Gasteiger partial charge in [-0.05, 0) is 42.8 Å². The van der Waals surface area contributed by atoms with Gasteiger partial charge in [-0.3, -0.25) is 0 Å². The zero-order chi connectivity index (χ0) is 14.7. The van der Waals surface area contributed by atoms with E-state index < -0.39 is 0 Å². The van der Waals surface area contributed by atoms with E-state index in [0.717, 1.165) is 11.3 Å². The summed E-state index contributed by atoms with van der Waals surface area (Å²) in [6, 6.07) is 10.9. The van der Waals surface area contributed by atoms with Gasteiger partial charge in [-0.1, -0.05) is 34.8 Å². The molecule has 1 atom stereocenters. The molecule has 0 spiro atoms. The predicted octanol–water partition coefficient (Wildman–Crippen LogP) is 5.83. The molecule has 1 N–H and O–H groups in total. The fourth-order valence-electron chi connectivity index (χ4n) is 1.92. The van der Waals surface area contributed by atoms with Crippen LogP contribution in [-0.4, -0.2) is 7.11 Å². The molecule has 0 aliphatic carbocycles. The molecule has 0 saturated carbocycles. The van der Waals surface area contributed by atoms with E-state index in [1.54, 1.807) is 25.3 Å². The van der Waals surface area contributed by atoms with Gasteiger partial charge in [0.25, 0.3) is 0 Å². The van der Waals surface area contributed by atoms with Gasteiger partial charge in [-0.15, -0.1) is 0 Å². The van der Waals surface area contributed by atoms with E-state index in [0.29, 0.717) is 20.8 Å². The smallest absolute Gasteiger partial charge is 0.139 e. The lowest BCUT2D eigenvalue weighted by Gasteiger charge is -2.18. The predicted molar refractivity (Wildman–Crippen MR) is 86.5 cm³/mol. The second-order valence-corrected chi connectivity index (χ2v) is 5.63. The second kappa shape index (κ2) is 6.57. The maximum atomic E-state index is 6.20. The second-order valence-electron chi connectivity index (χ2n) is 4.38. The quantitative estimate of drug-likeness (QED) is 0.761. The van der Waals surface area contributed by atoms with E-state index in [-0.39, 0.29) is 6.04 Å². The van der Waals surface area contributed by atoms with Crippen molar-refractivity contribution in [3.05, 3.63) is 57.0 Å². The number of nitrogens with one attached hydrogen (secondary N) is 1. The van der Waals surface area contributed by atoms with Crippen molar-refractivity contribution in [1.82, 2.24) is 0 Å². The van der Waals surface area contributed by atoms with Crippen LogP contribution >= 0.6 is 34.8 Å². The average Bonchev–Trinajstić information content (AvgIpc) is 2.43. The average molecular weight is 331 g/mol. The summed E-state index contributed by atoms with van der Waals surface area (Å²) >= 11 is 18.2. The number of hydrogen-bond donors (Lipinski definition) is 1. The monoisotopic (exact) mass is 329 g/mol. The third-order valence-electron chi connectivity index (χ3n) is 2.96. The molecule has 0 aliphatic heterocycles. The summed E-state index contributed by atoms with van der Waals surface area (Å²) in [6.45, 7) is 2.01. The highest BCUT2D eigenvalue weighted by Gasteiger charge is 2.11. The van der Waals surface area contributed by atoms with Gasteiger partial charge in [0.1, 0.15) is 5.75 Å². The summed E-state index contributed by atoms with van der Waals surface area (Å²) in [4.78, 5) is 0. The molecule has 20 heavy (non-hydrogen) atoms. The summed E-state index contributed by atoms with van der Waals surface area (Å²) < 4.78 is 5.20. The van der Waals surface area contributed by atoms with Gasteiger partial charge in [0.2, 0.25) is 0 Å². The number of methoxy groups -OCH3 is 1. The first kappa shape index (κ1) is 15.3. The first-order valence-electron chi connectivity index (χ1n) is 6.06. The van der Waals surface area contributed by atoms with Crippen molar-refractivity contribution in [3.63, 3.8) is 0 Å². The maximum absolute atomic E-state index is 6.20. The SMILES string of the molecule is COc1cc(NC(C)c2cc(Cl)ccc2Cl)ccc1Cl. The van der Waals surface area contributed by atoms with Crippen molar-refractivity contribution in [2.45, 2.75) is 13.0 Å². The largest absolute Gasteiger partial charge is 0.495 e. The van der Waals surface area contributed by atoms with Crippen LogP contribution < -0.4 is 10.1 Å². The molecule has 0 heterocycles. The number of benzene rings is 2. The van der Waals surface area contributed by atoms with Crippen LogP contribution in [0.4, 0.5) is 5.69 Å². The zero-order valence-corrected chi connectivity index (χ0v) is 13.4. The van der Waals surface area contributed by atoms with Gasteiger partial charge < -0.3 is 10.1 Å². The molecule has 0 radical (unpaired) electrons. The van der Waals surface area contributed by atoms with E-state index in [4.69, 9.17) is 39.5 Å². The van der Waals surface area contributed by atoms with Crippen molar-refractivity contribution >= 4 is 40.5 Å². The van der Waals surface area contributed by atoms with E-state index >= 15 is 0 Å². The molecule has 5 heteroatoms. The Kier molecular flexibility index (Phi) is 5.03. The summed E-state index contributed by atoms with van der Waals surface area (Å²) in [5.74, 6) is 0.626. The third-order valence-corrected chi connectivity index (χ3v) is 3.85. The highest BCUT2D eigenvalue weighted by molar-refractivity contribution is 6.33. The van der Waals surface area contributed by atoms with Crippen LogP contribution in [0.15, 0.2) is 36.4 Å². The molecule has 0 aliphatic rings. The van der Waals surface area contributed by atoms with Crippen LogP contribution in [0, 0.1) is 0 Å². The van der Waals surface area contributed by atoms with E-state index in [9.17, 15) is 0 Å². The normalized spacial score (nSPS) is 12.1. The molecule has 0 amide bonds. The topological polar surface area (TPSA) is 21.3 Å². The van der Waals surface area contributed by atoms with Crippen molar-refractivity contribution in [1.29, 1.82) is 0 Å². The molecule has 2 aromatic rings. The third kappa shape index (κ3) is 3.51. The lowest BCUT2D eigenvalue weighted by Crippen LogP contribution is -2.07. The van der Waals surface area contributed by atoms with Crippen LogP contribution in [0.5, 0.6) is 5.75 Å². The van der Waals surface area contributed by atoms with E-state index in [1.807, 2.05) is 25.1 Å². The Balaban J connectivity index is 2.23. The number of hydrogen-bond acceptors (Lipinski definition) is 2. The Morgan fingerprint density at radius 3 is 2.40 bits per heavy atom. The van der Waals surface area contributed by atoms with Crippen molar-refractivity contribution < 1.29 is 4.74 Å². The lowest BCUT2D eigenvalue weighted by molar-refractivity contribution is 0.415. The van der Waals surface area contributed by atoms with Gasteiger partial charge >= 0.3 is 0 Å². The molecule has 106 valence electrons. The van der Waals surface area contributed by atoms with E-state index in [2.05, 4.69) is 5.32 Å². The molecule has 0 aromatic heterocycles. The minimum Gasteiger partial charge on any atom is -0.495 e. The summed E-state index contributed by atoms with van der Waals surface area (Å²) in [7, 11) is 1.59. The Labute approximate surface area is 133 Å². The molecule has 2 rings (SSSR count). The minimum absolute atomic E-state index is 0.00656. The fraction of sp³-hybridized carbons (Fsp3) is 0.200. The fourth-order valence-corrected chi connectivity index (χ4v) is 2.58. The first-order chi connectivity index (χ1) is 9.51. The standard InChI is InChI=1S/C15H14Cl3NO/c1-9(12-7-10(16)3-5-13(12)17)19-11-4-6-14(18)15(8-11)20-2/h3-9,19H,1-2H3. The molecule has 2 aromatic carbocycles. The summed E-state index contributed by atoms with van der Waals surface area (Å²) in [5, 5.41) is 5.26. The molecule has 1 unspecified atom stereocenters. The number of halogens is 3. The maximum Gasteiger partial charge on any atom is 0.139 e. The van der Waals surface area contributed by atoms with Crippen molar-refractivity contribution in [2.75, 3.05) is 12.4 Å². The highest BCUT2D eigenvalue weighted by atomic mass is 35.5. The van der Waals surface area contributed by atoms with Crippen molar-refractivity contribution in [3.8, 4) is 5.75 Å². The Bertz CT molecular complexity index is 616. The number of rotatable bonds is 4. The van der Waals surface area contributed by atoms with Crippen LogP contribution in [0.2, 0.25) is 15.1 Å². The van der Waals surface area contributed by atoms with Crippen LogP contribution in [-0.2, 0) is 0 Å². The lowest BCUT2D eigenvalue weighted by atomic mass is 10.1. The molecule has 0 saturated heterocycles. The molecular weight excluding hydrogens is 317 g/mol. The Morgan fingerprint density at radius 2 is 1.70 bits per heavy atom. The minimum atomic E-state index is 0.00656. The van der Waals surface area contributed by atoms with Crippen LogP contribution in [0.1, 0.15) is 18.5 Å². The number of ether oxygens (including phenoxy) is 1. The number of anilines is 1. The zero-order valence-electron chi connectivity index (χ0n) is 11.1.